The summed E-state index contributed by atoms with van der Waals surface area (Å²) < 4.78 is 5.53. The van der Waals surface area contributed by atoms with E-state index in [1.54, 1.807) is 12.1 Å². The third-order valence-electron chi connectivity index (χ3n) is 3.15. The lowest BCUT2D eigenvalue weighted by Crippen LogP contribution is -2.36. The van der Waals surface area contributed by atoms with Crippen LogP contribution in [0.1, 0.15) is 40.2 Å². The van der Waals surface area contributed by atoms with E-state index in [9.17, 15) is 10.1 Å². The molecule has 1 aromatic rings. The summed E-state index contributed by atoms with van der Waals surface area (Å²) in [5.74, 6) is 0.309. The molecule has 0 aromatic heterocycles. The van der Waals surface area contributed by atoms with Crippen LogP contribution in [-0.2, 0) is 6.42 Å². The summed E-state index contributed by atoms with van der Waals surface area (Å²) in [5, 5.41) is 11.0. The standard InChI is InChI=1S/C15H24N2O3/c1-10(2)20-13-8-11(6-7-12(13)17(18)19)9-14(16)15(3,4)5/h6-8,10,14H,9,16H2,1-5H3. The summed E-state index contributed by atoms with van der Waals surface area (Å²) in [6.45, 7) is 9.92. The molecule has 0 bridgehead atoms. The fourth-order valence-corrected chi connectivity index (χ4v) is 1.74. The number of benzene rings is 1. The van der Waals surface area contributed by atoms with Crippen LogP contribution in [0.3, 0.4) is 0 Å². The van der Waals surface area contributed by atoms with Crippen molar-refractivity contribution in [3.63, 3.8) is 0 Å². The zero-order valence-corrected chi connectivity index (χ0v) is 12.8. The Balaban J connectivity index is 3.03. The predicted octanol–water partition coefficient (Wildman–Crippen LogP) is 3.30. The van der Waals surface area contributed by atoms with Gasteiger partial charge in [-0.15, -0.1) is 0 Å². The highest BCUT2D eigenvalue weighted by atomic mass is 16.6. The Morgan fingerprint density at radius 2 is 1.95 bits per heavy atom. The van der Waals surface area contributed by atoms with Crippen LogP contribution < -0.4 is 10.5 Å². The van der Waals surface area contributed by atoms with Gasteiger partial charge in [0, 0.05) is 12.1 Å². The van der Waals surface area contributed by atoms with Gasteiger partial charge in [0.05, 0.1) is 11.0 Å². The molecule has 5 heteroatoms. The molecule has 0 fully saturated rings. The minimum absolute atomic E-state index is 0.00761. The van der Waals surface area contributed by atoms with E-state index in [0.29, 0.717) is 12.2 Å². The molecular weight excluding hydrogens is 256 g/mol. The van der Waals surface area contributed by atoms with Gasteiger partial charge in [-0.1, -0.05) is 26.8 Å². The van der Waals surface area contributed by atoms with E-state index in [1.165, 1.54) is 6.07 Å². The largest absolute Gasteiger partial charge is 0.484 e. The lowest BCUT2D eigenvalue weighted by atomic mass is 9.84. The molecule has 112 valence electrons. The van der Waals surface area contributed by atoms with E-state index in [2.05, 4.69) is 20.8 Å². The van der Waals surface area contributed by atoms with Gasteiger partial charge < -0.3 is 10.5 Å². The highest BCUT2D eigenvalue weighted by Gasteiger charge is 2.22. The van der Waals surface area contributed by atoms with E-state index < -0.39 is 4.92 Å². The molecule has 1 aromatic carbocycles. The Bertz CT molecular complexity index is 478. The molecule has 0 saturated carbocycles. The Morgan fingerprint density at radius 3 is 2.40 bits per heavy atom. The van der Waals surface area contributed by atoms with Crippen molar-refractivity contribution in [2.24, 2.45) is 11.1 Å². The minimum atomic E-state index is -0.425. The molecule has 0 aliphatic heterocycles. The van der Waals surface area contributed by atoms with E-state index in [-0.39, 0.29) is 23.2 Å². The Morgan fingerprint density at radius 1 is 1.35 bits per heavy atom. The van der Waals surface area contributed by atoms with Crippen molar-refractivity contribution >= 4 is 5.69 Å². The van der Waals surface area contributed by atoms with Crippen molar-refractivity contribution in [1.82, 2.24) is 0 Å². The SMILES string of the molecule is CC(C)Oc1cc(CC(N)C(C)(C)C)ccc1[N+](=O)[O-]. The quantitative estimate of drug-likeness (QED) is 0.663. The van der Waals surface area contributed by atoms with Gasteiger partial charge in [0.15, 0.2) is 5.75 Å². The Kier molecular flexibility index (Phi) is 5.11. The summed E-state index contributed by atoms with van der Waals surface area (Å²) in [5.41, 5.74) is 7.09. The molecule has 0 aliphatic carbocycles. The molecule has 1 atom stereocenters. The molecule has 2 N–H and O–H groups in total. The summed E-state index contributed by atoms with van der Waals surface area (Å²) in [4.78, 5) is 10.6. The second kappa shape index (κ2) is 6.22. The average Bonchev–Trinajstić information content (AvgIpc) is 2.26. The molecule has 0 radical (unpaired) electrons. The zero-order chi connectivity index (χ0) is 15.5. The molecular formula is C15H24N2O3. The monoisotopic (exact) mass is 280 g/mol. The maximum Gasteiger partial charge on any atom is 0.310 e. The van der Waals surface area contributed by atoms with E-state index in [0.717, 1.165) is 5.56 Å². The highest BCUT2D eigenvalue weighted by molar-refractivity contribution is 5.48. The van der Waals surface area contributed by atoms with Crippen LogP contribution in [0.25, 0.3) is 0 Å². The number of hydrogen-bond donors (Lipinski definition) is 1. The number of nitro groups is 1. The molecule has 5 nitrogen and oxygen atoms in total. The van der Waals surface area contributed by atoms with Crippen LogP contribution in [0.15, 0.2) is 18.2 Å². The number of nitrogens with zero attached hydrogens (tertiary/aromatic N) is 1. The number of nitrogens with two attached hydrogens (primary N) is 1. The van der Waals surface area contributed by atoms with Gasteiger partial charge in [-0.2, -0.15) is 0 Å². The van der Waals surface area contributed by atoms with Crippen LogP contribution in [0, 0.1) is 15.5 Å². The molecule has 1 rings (SSSR count). The molecule has 0 spiro atoms. The smallest absolute Gasteiger partial charge is 0.310 e. The van der Waals surface area contributed by atoms with Gasteiger partial charge in [-0.25, -0.2) is 0 Å². The van der Waals surface area contributed by atoms with E-state index >= 15 is 0 Å². The molecule has 20 heavy (non-hydrogen) atoms. The maximum atomic E-state index is 11.0. The first-order valence-electron chi connectivity index (χ1n) is 6.81. The van der Waals surface area contributed by atoms with Crippen molar-refractivity contribution in [3.8, 4) is 5.75 Å². The first kappa shape index (κ1) is 16.4. The maximum absolute atomic E-state index is 11.0. The molecule has 0 heterocycles. The lowest BCUT2D eigenvalue weighted by molar-refractivity contribution is -0.386. The average molecular weight is 280 g/mol. The fraction of sp³-hybridized carbons (Fsp3) is 0.600. The van der Waals surface area contributed by atoms with Crippen molar-refractivity contribution < 1.29 is 9.66 Å². The second-order valence-electron chi connectivity index (χ2n) is 6.40. The number of rotatable bonds is 5. The first-order chi connectivity index (χ1) is 9.11. The van der Waals surface area contributed by atoms with Gasteiger partial charge in [0.25, 0.3) is 0 Å². The molecule has 0 saturated heterocycles. The van der Waals surface area contributed by atoms with Gasteiger partial charge in [-0.05, 0) is 37.3 Å². The van der Waals surface area contributed by atoms with Crippen LogP contribution in [0.2, 0.25) is 0 Å². The summed E-state index contributed by atoms with van der Waals surface area (Å²) in [6, 6.07) is 4.94. The van der Waals surface area contributed by atoms with Gasteiger partial charge in [0.2, 0.25) is 0 Å². The fourth-order valence-electron chi connectivity index (χ4n) is 1.74. The zero-order valence-electron chi connectivity index (χ0n) is 12.8. The number of ether oxygens (including phenoxy) is 1. The highest BCUT2D eigenvalue weighted by Crippen LogP contribution is 2.30. The summed E-state index contributed by atoms with van der Waals surface area (Å²) in [7, 11) is 0. The van der Waals surface area contributed by atoms with Gasteiger partial charge >= 0.3 is 5.69 Å². The summed E-state index contributed by atoms with van der Waals surface area (Å²) >= 11 is 0. The lowest BCUT2D eigenvalue weighted by Gasteiger charge is -2.27. The third kappa shape index (κ3) is 4.49. The Hall–Kier alpha value is -1.62. The van der Waals surface area contributed by atoms with E-state index in [1.807, 2.05) is 13.8 Å². The van der Waals surface area contributed by atoms with E-state index in [4.69, 9.17) is 10.5 Å². The number of nitro benzene ring substituents is 1. The molecule has 0 amide bonds. The van der Waals surface area contributed by atoms with Crippen LogP contribution in [-0.4, -0.2) is 17.1 Å². The second-order valence-corrected chi connectivity index (χ2v) is 6.40. The molecule has 1 unspecified atom stereocenters. The first-order valence-corrected chi connectivity index (χ1v) is 6.81. The minimum Gasteiger partial charge on any atom is -0.484 e. The normalized spacial score (nSPS) is 13.3. The predicted molar refractivity (Wildman–Crippen MR) is 80.0 cm³/mol. The van der Waals surface area contributed by atoms with Crippen molar-refractivity contribution in [2.45, 2.75) is 53.2 Å². The number of hydrogen-bond acceptors (Lipinski definition) is 4. The topological polar surface area (TPSA) is 78.4 Å². The summed E-state index contributed by atoms with van der Waals surface area (Å²) in [6.07, 6.45) is 0.552. The Labute approximate surface area is 120 Å². The third-order valence-corrected chi connectivity index (χ3v) is 3.15. The van der Waals surface area contributed by atoms with Crippen LogP contribution in [0.4, 0.5) is 5.69 Å². The van der Waals surface area contributed by atoms with Crippen molar-refractivity contribution in [3.05, 3.63) is 33.9 Å². The van der Waals surface area contributed by atoms with Crippen LogP contribution in [0.5, 0.6) is 5.75 Å². The molecule has 0 aliphatic rings. The van der Waals surface area contributed by atoms with Gasteiger partial charge in [-0.3, -0.25) is 10.1 Å². The van der Waals surface area contributed by atoms with Crippen LogP contribution >= 0.6 is 0 Å². The van der Waals surface area contributed by atoms with Crippen molar-refractivity contribution in [2.75, 3.05) is 0 Å². The van der Waals surface area contributed by atoms with Crippen molar-refractivity contribution in [1.29, 1.82) is 0 Å². The van der Waals surface area contributed by atoms with Gasteiger partial charge in [0.1, 0.15) is 0 Å².